The lowest BCUT2D eigenvalue weighted by Gasteiger charge is -2.18. The van der Waals surface area contributed by atoms with E-state index in [0.29, 0.717) is 0 Å². The first-order valence-corrected chi connectivity index (χ1v) is 7.60. The molecular weight excluding hydrogens is 303 g/mol. The Hall–Kier alpha value is -1.87. The molecule has 1 unspecified atom stereocenters. The first kappa shape index (κ1) is 17.2. The van der Waals surface area contributed by atoms with E-state index in [1.807, 2.05) is 0 Å². The average molecular weight is 318 g/mol. The molecule has 11 heteroatoms. The summed E-state index contributed by atoms with van der Waals surface area (Å²) in [5.74, 6) is -0.663. The van der Waals surface area contributed by atoms with Gasteiger partial charge in [-0.3, -0.25) is 29.0 Å². The van der Waals surface area contributed by atoms with Crippen LogP contribution in [0, 0.1) is 10.1 Å². The van der Waals surface area contributed by atoms with E-state index in [9.17, 15) is 19.5 Å². The van der Waals surface area contributed by atoms with Gasteiger partial charge < -0.3 is 4.74 Å². The van der Waals surface area contributed by atoms with Crippen LogP contribution in [0.1, 0.15) is 25.1 Å². The van der Waals surface area contributed by atoms with E-state index >= 15 is 0 Å². The molecule has 1 heterocycles. The highest BCUT2D eigenvalue weighted by Gasteiger charge is 2.26. The van der Waals surface area contributed by atoms with Gasteiger partial charge in [-0.1, -0.05) is 0 Å². The number of hydrogen-bond donors (Lipinski definition) is 2. The maximum Gasteiger partial charge on any atom is 0.336 e. The van der Waals surface area contributed by atoms with Crippen LogP contribution in [0.25, 0.3) is 0 Å². The maximum atomic E-state index is 11.5. The average Bonchev–Trinajstić information content (AvgIpc) is 2.36. The van der Waals surface area contributed by atoms with Crippen LogP contribution in [0.15, 0.2) is 18.3 Å². The third-order valence-electron chi connectivity index (χ3n) is 2.25. The number of nitrogens with zero attached hydrogens (tertiary/aromatic N) is 2. The minimum atomic E-state index is -3.92. The number of ether oxygens (including phenoxy) is 1. The fraction of sp³-hybridized carbons (Fsp3) is 0.400. The van der Waals surface area contributed by atoms with Crippen molar-refractivity contribution >= 4 is 19.3 Å². The molecule has 0 aliphatic rings. The van der Waals surface area contributed by atoms with Crippen molar-refractivity contribution in [3.63, 3.8) is 0 Å². The van der Waals surface area contributed by atoms with Crippen LogP contribution in [0.3, 0.4) is 0 Å². The van der Waals surface area contributed by atoms with Crippen LogP contribution in [-0.4, -0.2) is 22.5 Å². The van der Waals surface area contributed by atoms with Crippen molar-refractivity contribution < 1.29 is 23.5 Å². The lowest BCUT2D eigenvalue weighted by atomic mass is 10.1. The van der Waals surface area contributed by atoms with E-state index in [1.54, 1.807) is 6.92 Å². The number of carbonyl (C=O) groups is 1. The minimum absolute atomic E-state index is 0.00776. The quantitative estimate of drug-likeness (QED) is 0.323. The molecule has 0 amide bonds. The standard InChI is InChI=1S/C10H15N4O6P/c1-2-19-10(15)6-9(20-21(11,12)18)8-5-7(14(16)17)3-4-13-8/h3-5,9H,2,6H2,1H3,(H4,11,12,18). The van der Waals surface area contributed by atoms with E-state index in [1.165, 1.54) is 0 Å². The van der Waals surface area contributed by atoms with Crippen molar-refractivity contribution in [1.29, 1.82) is 0 Å². The van der Waals surface area contributed by atoms with Crippen LogP contribution in [-0.2, 0) is 18.6 Å². The summed E-state index contributed by atoms with van der Waals surface area (Å²) in [7, 11) is -3.92. The van der Waals surface area contributed by atoms with Gasteiger partial charge in [-0.05, 0) is 6.92 Å². The molecular formula is C10H15N4O6P. The summed E-state index contributed by atoms with van der Waals surface area (Å²) in [5.41, 5.74) is 9.98. The predicted molar refractivity (Wildman–Crippen MR) is 71.9 cm³/mol. The molecule has 1 atom stereocenters. The summed E-state index contributed by atoms with van der Waals surface area (Å²) in [6, 6.07) is 2.24. The summed E-state index contributed by atoms with van der Waals surface area (Å²) < 4.78 is 21.0. The number of nitrogens with two attached hydrogens (primary N) is 2. The second-order valence-corrected chi connectivity index (χ2v) is 5.45. The van der Waals surface area contributed by atoms with Crippen molar-refractivity contribution in [2.24, 2.45) is 11.0 Å². The molecule has 1 aromatic rings. The highest BCUT2D eigenvalue weighted by molar-refractivity contribution is 7.53. The number of pyridine rings is 1. The van der Waals surface area contributed by atoms with E-state index in [2.05, 4.69) is 4.98 Å². The molecule has 0 radical (unpaired) electrons. The SMILES string of the molecule is CCOC(=O)CC(OP(N)(N)=O)c1cc([N+](=O)[O-])ccn1. The summed E-state index contributed by atoms with van der Waals surface area (Å²) in [6.07, 6.45) is -0.419. The summed E-state index contributed by atoms with van der Waals surface area (Å²) in [4.78, 5) is 25.4. The van der Waals surface area contributed by atoms with Crippen LogP contribution in [0.5, 0.6) is 0 Å². The Labute approximate surface area is 120 Å². The van der Waals surface area contributed by atoms with Gasteiger partial charge in [0.25, 0.3) is 5.69 Å². The van der Waals surface area contributed by atoms with Gasteiger partial charge >= 0.3 is 13.6 Å². The first-order chi connectivity index (χ1) is 9.73. The molecule has 0 bridgehead atoms. The predicted octanol–water partition coefficient (Wildman–Crippen LogP) is 1.03. The molecule has 1 aromatic heterocycles. The number of esters is 1. The van der Waals surface area contributed by atoms with Gasteiger partial charge in [0.1, 0.15) is 6.10 Å². The lowest BCUT2D eigenvalue weighted by Crippen LogP contribution is -2.18. The summed E-state index contributed by atoms with van der Waals surface area (Å²) in [6.45, 7) is 1.74. The Morgan fingerprint density at radius 3 is 2.76 bits per heavy atom. The van der Waals surface area contributed by atoms with Crippen molar-refractivity contribution in [2.75, 3.05) is 6.61 Å². The number of rotatable bonds is 7. The Morgan fingerprint density at radius 1 is 1.57 bits per heavy atom. The number of aromatic nitrogens is 1. The van der Waals surface area contributed by atoms with Crippen LogP contribution < -0.4 is 11.0 Å². The fourth-order valence-electron chi connectivity index (χ4n) is 1.49. The number of nitro groups is 1. The smallest absolute Gasteiger partial charge is 0.336 e. The van der Waals surface area contributed by atoms with Crippen molar-refractivity contribution in [3.05, 3.63) is 34.1 Å². The van der Waals surface area contributed by atoms with Crippen LogP contribution in [0.4, 0.5) is 5.69 Å². The molecule has 4 N–H and O–H groups in total. The molecule has 10 nitrogen and oxygen atoms in total. The zero-order valence-corrected chi connectivity index (χ0v) is 12.1. The normalized spacial score (nSPS) is 12.7. The lowest BCUT2D eigenvalue weighted by molar-refractivity contribution is -0.385. The highest BCUT2D eigenvalue weighted by atomic mass is 31.2. The highest BCUT2D eigenvalue weighted by Crippen LogP contribution is 2.37. The molecule has 0 spiro atoms. The Balaban J connectivity index is 3.05. The molecule has 0 fully saturated rings. The van der Waals surface area contributed by atoms with Gasteiger partial charge in [-0.2, -0.15) is 0 Å². The molecule has 0 aromatic carbocycles. The van der Waals surface area contributed by atoms with Crippen molar-refractivity contribution in [1.82, 2.24) is 4.98 Å². The Kier molecular flexibility index (Phi) is 5.91. The Morgan fingerprint density at radius 2 is 2.24 bits per heavy atom. The second kappa shape index (κ2) is 7.23. The molecule has 1 rings (SSSR count). The molecule has 0 saturated heterocycles. The van der Waals surface area contributed by atoms with Crippen molar-refractivity contribution in [2.45, 2.75) is 19.4 Å². The third kappa shape index (κ3) is 5.96. The van der Waals surface area contributed by atoms with E-state index in [4.69, 9.17) is 20.3 Å². The molecule has 21 heavy (non-hydrogen) atoms. The molecule has 0 saturated carbocycles. The first-order valence-electron chi connectivity index (χ1n) is 5.84. The van der Waals surface area contributed by atoms with Crippen LogP contribution >= 0.6 is 7.67 Å². The number of carbonyl (C=O) groups excluding carboxylic acids is 1. The zero-order chi connectivity index (χ0) is 16.0. The van der Waals surface area contributed by atoms with Gasteiger partial charge in [-0.15, -0.1) is 0 Å². The largest absolute Gasteiger partial charge is 0.466 e. The monoisotopic (exact) mass is 318 g/mol. The Bertz CT molecular complexity index is 574. The van der Waals surface area contributed by atoms with E-state index < -0.39 is 24.7 Å². The van der Waals surface area contributed by atoms with Gasteiger partial charge in [0.2, 0.25) is 0 Å². The maximum absolute atomic E-state index is 11.5. The van der Waals surface area contributed by atoms with Gasteiger partial charge in [0.05, 0.1) is 23.6 Å². The van der Waals surface area contributed by atoms with E-state index in [0.717, 1.165) is 18.3 Å². The van der Waals surface area contributed by atoms with Crippen molar-refractivity contribution in [3.8, 4) is 0 Å². The summed E-state index contributed by atoms with van der Waals surface area (Å²) >= 11 is 0. The van der Waals surface area contributed by atoms with Gasteiger partial charge in [0, 0.05) is 18.3 Å². The fourth-order valence-corrected chi connectivity index (χ4v) is 2.07. The molecule has 0 aliphatic carbocycles. The van der Waals surface area contributed by atoms with Gasteiger partial charge in [-0.25, -0.2) is 11.0 Å². The zero-order valence-electron chi connectivity index (χ0n) is 11.2. The number of hydrogen-bond acceptors (Lipinski definition) is 7. The third-order valence-corrected chi connectivity index (χ3v) is 2.84. The summed E-state index contributed by atoms with van der Waals surface area (Å²) in [5, 5.41) is 10.7. The molecule has 0 aliphatic heterocycles. The van der Waals surface area contributed by atoms with Crippen LogP contribution in [0.2, 0.25) is 0 Å². The minimum Gasteiger partial charge on any atom is -0.466 e. The second-order valence-electron chi connectivity index (χ2n) is 3.94. The van der Waals surface area contributed by atoms with E-state index in [-0.39, 0.29) is 24.4 Å². The molecule has 116 valence electrons. The topological polar surface area (TPSA) is 161 Å². The van der Waals surface area contributed by atoms with Gasteiger partial charge in [0.15, 0.2) is 0 Å².